The fraction of sp³-hybridized carbons (Fsp3) is 0.353. The molecule has 0 aliphatic rings. The molecule has 7 nitrogen and oxygen atoms in total. The highest BCUT2D eigenvalue weighted by molar-refractivity contribution is 5.97. The Morgan fingerprint density at radius 1 is 1.38 bits per heavy atom. The number of carbonyl (C=O) groups excluding carboxylic acids is 2. The largest absolute Gasteiger partial charge is 0.449 e. The van der Waals surface area contributed by atoms with Crippen LogP contribution >= 0.6 is 0 Å². The van der Waals surface area contributed by atoms with Gasteiger partial charge in [0, 0.05) is 25.8 Å². The summed E-state index contributed by atoms with van der Waals surface area (Å²) in [5.74, 6) is -0.542. The molecule has 128 valence electrons. The van der Waals surface area contributed by atoms with Crippen molar-refractivity contribution in [3.63, 3.8) is 0 Å². The molecule has 0 spiro atoms. The Labute approximate surface area is 141 Å². The summed E-state index contributed by atoms with van der Waals surface area (Å²) < 4.78 is 4.87. The van der Waals surface area contributed by atoms with Crippen LogP contribution in [0.5, 0.6) is 0 Å². The van der Waals surface area contributed by atoms with Gasteiger partial charge in [0.15, 0.2) is 0 Å². The maximum atomic E-state index is 12.1. The van der Waals surface area contributed by atoms with E-state index in [0.717, 1.165) is 10.5 Å². The summed E-state index contributed by atoms with van der Waals surface area (Å²) in [6.45, 7) is 2.59. The smallest absolute Gasteiger partial charge is 0.413 e. The second-order valence-electron chi connectivity index (χ2n) is 4.83. The van der Waals surface area contributed by atoms with Crippen LogP contribution in [0.3, 0.4) is 0 Å². The predicted molar refractivity (Wildman–Crippen MR) is 89.6 cm³/mol. The number of nitrogens with zero attached hydrogens (tertiary/aromatic N) is 2. The maximum Gasteiger partial charge on any atom is 0.413 e. The van der Waals surface area contributed by atoms with Crippen LogP contribution in [0.2, 0.25) is 0 Å². The molecule has 0 unspecified atom stereocenters. The summed E-state index contributed by atoms with van der Waals surface area (Å²) in [6.07, 6.45) is 1.17. The summed E-state index contributed by atoms with van der Waals surface area (Å²) in [5, 5.41) is 11.8. The van der Waals surface area contributed by atoms with E-state index in [0.29, 0.717) is 13.0 Å². The van der Waals surface area contributed by atoms with Crippen molar-refractivity contribution in [2.24, 2.45) is 5.73 Å². The molecule has 0 atom stereocenters. The molecule has 3 N–H and O–H groups in total. The van der Waals surface area contributed by atoms with Crippen molar-refractivity contribution < 1.29 is 14.3 Å². The van der Waals surface area contributed by atoms with Gasteiger partial charge in [0.2, 0.25) is 0 Å². The first kappa shape index (κ1) is 19.2. The van der Waals surface area contributed by atoms with Gasteiger partial charge < -0.3 is 15.8 Å². The van der Waals surface area contributed by atoms with Crippen molar-refractivity contribution in [2.75, 3.05) is 26.2 Å². The minimum absolute atomic E-state index is 0.154. The molecule has 0 heterocycles. The number of benzene rings is 1. The monoisotopic (exact) mass is 330 g/mol. The summed E-state index contributed by atoms with van der Waals surface area (Å²) in [5.41, 5.74) is 6.34. The molecule has 1 rings (SSSR count). The van der Waals surface area contributed by atoms with Crippen LogP contribution in [0.25, 0.3) is 0 Å². The van der Waals surface area contributed by atoms with Crippen LogP contribution in [-0.2, 0) is 16.0 Å². The van der Waals surface area contributed by atoms with Gasteiger partial charge in [0.05, 0.1) is 6.61 Å². The van der Waals surface area contributed by atoms with E-state index in [9.17, 15) is 9.59 Å². The van der Waals surface area contributed by atoms with Crippen LogP contribution in [0.4, 0.5) is 4.79 Å². The Kier molecular flexibility index (Phi) is 8.64. The Bertz CT molecular complexity index is 608. The first-order valence-electron chi connectivity index (χ1n) is 7.69. The summed E-state index contributed by atoms with van der Waals surface area (Å²) in [7, 11) is 0. The van der Waals surface area contributed by atoms with Crippen LogP contribution in [0.15, 0.2) is 42.1 Å². The number of ether oxygens (including phenoxy) is 1. The average molecular weight is 330 g/mol. The number of carbonyl (C=O) groups is 2. The Morgan fingerprint density at radius 3 is 2.67 bits per heavy atom. The second kappa shape index (κ2) is 10.8. The molecule has 1 aromatic rings. The number of hydrogen-bond acceptors (Lipinski definition) is 5. The van der Waals surface area contributed by atoms with E-state index in [1.807, 2.05) is 30.3 Å². The van der Waals surface area contributed by atoms with E-state index in [4.69, 9.17) is 15.7 Å². The Morgan fingerprint density at radius 2 is 2.08 bits per heavy atom. The van der Waals surface area contributed by atoms with Gasteiger partial charge in [-0.25, -0.2) is 4.79 Å². The van der Waals surface area contributed by atoms with Crippen LogP contribution in [0.1, 0.15) is 12.5 Å². The third-order valence-electron chi connectivity index (χ3n) is 3.06. The average Bonchev–Trinajstić information content (AvgIpc) is 2.59. The van der Waals surface area contributed by atoms with Gasteiger partial charge in [0.1, 0.15) is 11.6 Å². The number of amides is 2. The SMILES string of the molecule is CCOC(=O)N(/C=C(/C#N)C(=O)NCCc1ccccc1)CCN. The topological polar surface area (TPSA) is 108 Å². The summed E-state index contributed by atoms with van der Waals surface area (Å²) in [6, 6.07) is 11.5. The van der Waals surface area contributed by atoms with E-state index in [-0.39, 0.29) is 25.3 Å². The lowest BCUT2D eigenvalue weighted by Crippen LogP contribution is -2.34. The number of hydrogen-bond donors (Lipinski definition) is 2. The molecule has 24 heavy (non-hydrogen) atoms. The maximum absolute atomic E-state index is 12.1. The van der Waals surface area contributed by atoms with E-state index < -0.39 is 12.0 Å². The standard InChI is InChI=1S/C17H22N4O3/c1-2-24-17(23)21(11-9-18)13-15(12-19)16(22)20-10-8-14-6-4-3-5-7-14/h3-7,13H,2,8-11,18H2,1H3,(H,20,22)/b15-13-. The molecule has 0 saturated carbocycles. The third kappa shape index (κ3) is 6.50. The number of nitriles is 1. The zero-order valence-electron chi connectivity index (χ0n) is 13.7. The predicted octanol–water partition coefficient (Wildman–Crippen LogP) is 1.17. The van der Waals surface area contributed by atoms with Crippen LogP contribution < -0.4 is 11.1 Å². The van der Waals surface area contributed by atoms with Crippen molar-refractivity contribution in [2.45, 2.75) is 13.3 Å². The van der Waals surface area contributed by atoms with E-state index >= 15 is 0 Å². The minimum atomic E-state index is -0.646. The van der Waals surface area contributed by atoms with Crippen LogP contribution in [-0.4, -0.2) is 43.1 Å². The highest BCUT2D eigenvalue weighted by Gasteiger charge is 2.16. The molecule has 0 aromatic heterocycles. The molecule has 0 fully saturated rings. The van der Waals surface area contributed by atoms with Crippen molar-refractivity contribution in [1.82, 2.24) is 10.2 Å². The molecule has 0 bridgehead atoms. The summed E-state index contributed by atoms with van der Waals surface area (Å²) >= 11 is 0. The molecular weight excluding hydrogens is 308 g/mol. The lowest BCUT2D eigenvalue weighted by Gasteiger charge is -2.17. The number of nitrogens with two attached hydrogens (primary N) is 1. The van der Waals surface area contributed by atoms with Gasteiger partial charge in [-0.3, -0.25) is 9.69 Å². The minimum Gasteiger partial charge on any atom is -0.449 e. The molecule has 0 aliphatic heterocycles. The van der Waals surface area contributed by atoms with Crippen molar-refractivity contribution in [1.29, 1.82) is 5.26 Å². The second-order valence-corrected chi connectivity index (χ2v) is 4.83. The zero-order valence-corrected chi connectivity index (χ0v) is 13.7. The van der Waals surface area contributed by atoms with E-state index in [1.165, 1.54) is 6.20 Å². The fourth-order valence-corrected chi connectivity index (χ4v) is 1.91. The highest BCUT2D eigenvalue weighted by atomic mass is 16.6. The lowest BCUT2D eigenvalue weighted by atomic mass is 10.1. The van der Waals surface area contributed by atoms with Crippen molar-refractivity contribution >= 4 is 12.0 Å². The van der Waals surface area contributed by atoms with Crippen LogP contribution in [0, 0.1) is 11.3 Å². The van der Waals surface area contributed by atoms with Crippen molar-refractivity contribution in [3.8, 4) is 6.07 Å². The molecule has 7 heteroatoms. The van der Waals surface area contributed by atoms with Gasteiger partial charge in [0.25, 0.3) is 5.91 Å². The molecule has 1 aromatic carbocycles. The first-order chi connectivity index (χ1) is 11.6. The molecule has 0 aliphatic carbocycles. The Balaban J connectivity index is 2.66. The lowest BCUT2D eigenvalue weighted by molar-refractivity contribution is -0.117. The van der Waals surface area contributed by atoms with Gasteiger partial charge in [-0.2, -0.15) is 5.26 Å². The zero-order chi connectivity index (χ0) is 17.8. The van der Waals surface area contributed by atoms with Gasteiger partial charge in [-0.05, 0) is 18.9 Å². The Hall–Kier alpha value is -2.85. The third-order valence-corrected chi connectivity index (χ3v) is 3.06. The molecule has 0 saturated heterocycles. The molecular formula is C17H22N4O3. The fourth-order valence-electron chi connectivity index (χ4n) is 1.91. The van der Waals surface area contributed by atoms with Gasteiger partial charge in [-0.15, -0.1) is 0 Å². The molecule has 0 radical (unpaired) electrons. The van der Waals surface area contributed by atoms with Gasteiger partial charge >= 0.3 is 6.09 Å². The van der Waals surface area contributed by atoms with Gasteiger partial charge in [-0.1, -0.05) is 30.3 Å². The van der Waals surface area contributed by atoms with Crippen molar-refractivity contribution in [3.05, 3.63) is 47.7 Å². The number of nitrogens with one attached hydrogen (secondary N) is 1. The summed E-state index contributed by atoms with van der Waals surface area (Å²) in [4.78, 5) is 25.0. The highest BCUT2D eigenvalue weighted by Crippen LogP contribution is 2.02. The quantitative estimate of drug-likeness (QED) is 0.549. The normalized spacial score (nSPS) is 10.6. The number of rotatable bonds is 8. The van der Waals surface area contributed by atoms with E-state index in [1.54, 1.807) is 13.0 Å². The first-order valence-corrected chi connectivity index (χ1v) is 7.69. The molecule has 2 amide bonds. The van der Waals surface area contributed by atoms with E-state index in [2.05, 4.69) is 5.32 Å².